The first-order valence-electron chi connectivity index (χ1n) is 5.47. The van der Waals surface area contributed by atoms with Crippen LogP contribution in [-0.2, 0) is 4.79 Å². The van der Waals surface area contributed by atoms with E-state index >= 15 is 0 Å². The Morgan fingerprint density at radius 1 is 1.47 bits per heavy atom. The van der Waals surface area contributed by atoms with Crippen LogP contribution in [-0.4, -0.2) is 48.0 Å². The summed E-state index contributed by atoms with van der Waals surface area (Å²) in [5.74, 6) is 1.05. The number of amides is 1. The fourth-order valence-corrected chi connectivity index (χ4v) is 1.39. The summed E-state index contributed by atoms with van der Waals surface area (Å²) in [7, 11) is 3.40. The number of carbonyl (C=O) groups excluding carboxylic acids is 1. The lowest BCUT2D eigenvalue weighted by Crippen LogP contribution is -2.37. The molecule has 0 spiro atoms. The first kappa shape index (κ1) is 13.2. The van der Waals surface area contributed by atoms with Crippen molar-refractivity contribution in [1.29, 1.82) is 0 Å². The molecule has 1 N–H and O–H groups in total. The van der Waals surface area contributed by atoms with Gasteiger partial charge in [-0.2, -0.15) is 0 Å². The number of aromatic nitrogens is 2. The van der Waals surface area contributed by atoms with Crippen molar-refractivity contribution in [2.24, 2.45) is 0 Å². The average molecular weight is 238 g/mol. The van der Waals surface area contributed by atoms with Crippen LogP contribution in [0.1, 0.15) is 12.7 Å². The van der Waals surface area contributed by atoms with Crippen molar-refractivity contribution >= 4 is 11.7 Å². The molecule has 0 aliphatic rings. The van der Waals surface area contributed by atoms with Gasteiger partial charge in [-0.25, -0.2) is 4.98 Å². The maximum atomic E-state index is 11.6. The normalized spacial score (nSPS) is 10.1. The van der Waals surface area contributed by atoms with Gasteiger partial charge in [0.15, 0.2) is 0 Å². The van der Waals surface area contributed by atoms with Crippen molar-refractivity contribution in [3.63, 3.8) is 0 Å². The van der Waals surface area contributed by atoms with Crippen LogP contribution in [0, 0.1) is 6.92 Å². The number of H-pyrrole nitrogens is 1. The molecule has 0 saturated carbocycles. The molecule has 0 aliphatic carbocycles. The summed E-state index contributed by atoms with van der Waals surface area (Å²) in [5, 5.41) is 0. The van der Waals surface area contributed by atoms with Crippen molar-refractivity contribution in [3.05, 3.63) is 22.2 Å². The fourth-order valence-electron chi connectivity index (χ4n) is 1.39. The Morgan fingerprint density at radius 2 is 2.12 bits per heavy atom. The van der Waals surface area contributed by atoms with Crippen molar-refractivity contribution in [2.45, 2.75) is 13.8 Å². The van der Waals surface area contributed by atoms with E-state index in [1.54, 1.807) is 25.9 Å². The minimum absolute atomic E-state index is 0.0217. The Hall–Kier alpha value is -1.85. The van der Waals surface area contributed by atoms with Crippen LogP contribution in [0.25, 0.3) is 0 Å². The Balaban J connectivity index is 2.93. The quantitative estimate of drug-likeness (QED) is 0.801. The first-order valence-corrected chi connectivity index (χ1v) is 5.47. The van der Waals surface area contributed by atoms with Gasteiger partial charge in [0.1, 0.15) is 11.6 Å². The number of aryl methyl sites for hydroxylation is 1. The number of anilines is 1. The summed E-state index contributed by atoms with van der Waals surface area (Å²) in [6.07, 6.45) is 0. The van der Waals surface area contributed by atoms with E-state index in [4.69, 9.17) is 0 Å². The molecule has 6 heteroatoms. The highest BCUT2D eigenvalue weighted by Crippen LogP contribution is 2.07. The van der Waals surface area contributed by atoms with Crippen LogP contribution < -0.4 is 10.5 Å². The van der Waals surface area contributed by atoms with Gasteiger partial charge in [0.2, 0.25) is 5.91 Å². The molecular weight excluding hydrogens is 220 g/mol. The van der Waals surface area contributed by atoms with E-state index in [1.807, 2.05) is 6.92 Å². The molecule has 0 aliphatic heterocycles. The Labute approximate surface area is 100 Å². The Kier molecular flexibility index (Phi) is 4.25. The molecule has 1 heterocycles. The van der Waals surface area contributed by atoms with Crippen LogP contribution in [0.3, 0.4) is 0 Å². The summed E-state index contributed by atoms with van der Waals surface area (Å²) < 4.78 is 0. The average Bonchev–Trinajstić information content (AvgIpc) is 2.23. The first-order chi connectivity index (χ1) is 7.93. The van der Waals surface area contributed by atoms with Gasteiger partial charge in [-0.05, 0) is 13.8 Å². The predicted molar refractivity (Wildman–Crippen MR) is 66.2 cm³/mol. The SMILES string of the molecule is CCN(CC(=O)N(C)C)c1cc(=O)[nH]c(C)n1. The third-order valence-corrected chi connectivity index (χ3v) is 2.38. The number of nitrogens with one attached hydrogen (secondary N) is 1. The molecule has 0 radical (unpaired) electrons. The van der Waals surface area contributed by atoms with Gasteiger partial charge in [0.05, 0.1) is 6.54 Å². The number of aromatic amines is 1. The van der Waals surface area contributed by atoms with Gasteiger partial charge >= 0.3 is 0 Å². The minimum Gasteiger partial charge on any atom is -0.347 e. The van der Waals surface area contributed by atoms with Crippen LogP contribution >= 0.6 is 0 Å². The van der Waals surface area contributed by atoms with Gasteiger partial charge in [0.25, 0.3) is 5.56 Å². The molecule has 0 aromatic carbocycles. The monoisotopic (exact) mass is 238 g/mol. The highest BCUT2D eigenvalue weighted by atomic mass is 16.2. The molecule has 0 saturated heterocycles. The summed E-state index contributed by atoms with van der Waals surface area (Å²) in [6, 6.07) is 1.40. The predicted octanol–water partition coefficient (Wildman–Crippen LogP) is -0.00718. The van der Waals surface area contributed by atoms with E-state index in [0.717, 1.165) is 0 Å². The summed E-state index contributed by atoms with van der Waals surface area (Å²) >= 11 is 0. The molecule has 1 amide bonds. The third kappa shape index (κ3) is 3.58. The van der Waals surface area contributed by atoms with Crippen LogP contribution in [0.4, 0.5) is 5.82 Å². The molecule has 17 heavy (non-hydrogen) atoms. The highest BCUT2D eigenvalue weighted by molar-refractivity contribution is 5.80. The van der Waals surface area contributed by atoms with E-state index in [1.165, 1.54) is 11.0 Å². The molecule has 1 aromatic rings. The zero-order valence-electron chi connectivity index (χ0n) is 10.6. The number of hydrogen-bond donors (Lipinski definition) is 1. The van der Waals surface area contributed by atoms with Gasteiger partial charge in [0, 0.05) is 26.7 Å². The zero-order valence-corrected chi connectivity index (χ0v) is 10.6. The summed E-state index contributed by atoms with van der Waals surface area (Å²) in [5.41, 5.74) is -0.205. The second kappa shape index (κ2) is 5.47. The molecule has 0 unspecified atom stereocenters. The molecule has 1 aromatic heterocycles. The summed E-state index contributed by atoms with van der Waals surface area (Å²) in [4.78, 5) is 33.0. The second-order valence-corrected chi connectivity index (χ2v) is 3.99. The Bertz CT molecular complexity index is 453. The number of rotatable bonds is 4. The van der Waals surface area contributed by atoms with E-state index in [9.17, 15) is 9.59 Å². The van der Waals surface area contributed by atoms with E-state index in [2.05, 4.69) is 9.97 Å². The maximum absolute atomic E-state index is 11.6. The van der Waals surface area contributed by atoms with Gasteiger partial charge in [-0.1, -0.05) is 0 Å². The van der Waals surface area contributed by atoms with Crippen LogP contribution in [0.5, 0.6) is 0 Å². The third-order valence-electron chi connectivity index (χ3n) is 2.38. The Morgan fingerprint density at radius 3 is 2.59 bits per heavy atom. The molecule has 0 fully saturated rings. The largest absolute Gasteiger partial charge is 0.347 e. The van der Waals surface area contributed by atoms with Crippen LogP contribution in [0.15, 0.2) is 10.9 Å². The molecular formula is C11H18N4O2. The minimum atomic E-state index is -0.205. The number of nitrogens with zero attached hydrogens (tertiary/aromatic N) is 3. The lowest BCUT2D eigenvalue weighted by molar-refractivity contribution is -0.127. The zero-order chi connectivity index (χ0) is 13.0. The lowest BCUT2D eigenvalue weighted by atomic mass is 10.4. The van der Waals surface area contributed by atoms with E-state index in [-0.39, 0.29) is 18.0 Å². The molecule has 94 valence electrons. The number of likely N-dealkylation sites (N-methyl/N-ethyl adjacent to an activating group) is 2. The highest BCUT2D eigenvalue weighted by Gasteiger charge is 2.13. The summed E-state index contributed by atoms with van der Waals surface area (Å²) in [6.45, 7) is 4.47. The molecule has 6 nitrogen and oxygen atoms in total. The van der Waals surface area contributed by atoms with E-state index in [0.29, 0.717) is 18.2 Å². The van der Waals surface area contributed by atoms with Crippen molar-refractivity contribution in [3.8, 4) is 0 Å². The maximum Gasteiger partial charge on any atom is 0.252 e. The molecule has 0 atom stereocenters. The van der Waals surface area contributed by atoms with Gasteiger partial charge < -0.3 is 14.8 Å². The van der Waals surface area contributed by atoms with Crippen molar-refractivity contribution < 1.29 is 4.79 Å². The van der Waals surface area contributed by atoms with Gasteiger partial charge in [-0.3, -0.25) is 9.59 Å². The van der Waals surface area contributed by atoms with Gasteiger partial charge in [-0.15, -0.1) is 0 Å². The van der Waals surface area contributed by atoms with E-state index < -0.39 is 0 Å². The second-order valence-electron chi connectivity index (χ2n) is 3.99. The smallest absolute Gasteiger partial charge is 0.252 e. The van der Waals surface area contributed by atoms with Crippen LogP contribution in [0.2, 0.25) is 0 Å². The molecule has 0 bridgehead atoms. The van der Waals surface area contributed by atoms with Crippen molar-refractivity contribution in [2.75, 3.05) is 32.1 Å². The topological polar surface area (TPSA) is 69.3 Å². The lowest BCUT2D eigenvalue weighted by Gasteiger charge is -2.23. The number of hydrogen-bond acceptors (Lipinski definition) is 4. The fraction of sp³-hybridized carbons (Fsp3) is 0.545. The van der Waals surface area contributed by atoms with Crippen molar-refractivity contribution in [1.82, 2.24) is 14.9 Å². The molecule has 1 rings (SSSR count). The standard InChI is InChI=1S/C11H18N4O2/c1-5-15(7-11(17)14(3)4)9-6-10(16)13-8(2)12-9/h6H,5,7H2,1-4H3,(H,12,13,16). The number of carbonyl (C=O) groups is 1.